The summed E-state index contributed by atoms with van der Waals surface area (Å²) in [6.45, 7) is 3.33. The van der Waals surface area contributed by atoms with Crippen molar-refractivity contribution in [1.82, 2.24) is 5.32 Å². The van der Waals surface area contributed by atoms with Gasteiger partial charge >= 0.3 is 5.97 Å². The molecule has 35 heavy (non-hydrogen) atoms. The molecule has 0 saturated carbocycles. The Morgan fingerprint density at radius 3 is 2.57 bits per heavy atom. The van der Waals surface area contributed by atoms with E-state index in [0.717, 1.165) is 11.4 Å². The number of para-hydroxylation sites is 3. The standard InChI is InChI=1S/C29H28N2O4/c1-19(22-12-7-10-20-9-3-4-11-23(20)22)30-17-21-18-31(25-14-5-6-16-27(25)35-21)26-15-8-13-24(29(32)33)28(26)34-2/h3-16,19,21,30H,17-18H2,1-2H3,(H,32,33). The molecule has 0 radical (unpaired) electrons. The number of fused-ring (bicyclic) bond motifs is 2. The molecule has 0 aliphatic carbocycles. The van der Waals surface area contributed by atoms with E-state index in [1.807, 2.05) is 30.3 Å². The van der Waals surface area contributed by atoms with E-state index in [1.165, 1.54) is 23.4 Å². The first-order chi connectivity index (χ1) is 17.1. The topological polar surface area (TPSA) is 71.0 Å². The van der Waals surface area contributed by atoms with Crippen LogP contribution in [-0.2, 0) is 0 Å². The van der Waals surface area contributed by atoms with Crippen molar-refractivity contribution in [2.24, 2.45) is 0 Å². The molecule has 178 valence electrons. The molecule has 0 bridgehead atoms. The van der Waals surface area contributed by atoms with E-state index in [4.69, 9.17) is 9.47 Å². The van der Waals surface area contributed by atoms with Crippen LogP contribution in [0.15, 0.2) is 84.9 Å². The van der Waals surface area contributed by atoms with Gasteiger partial charge in [0.25, 0.3) is 0 Å². The zero-order chi connectivity index (χ0) is 24.4. The second-order valence-electron chi connectivity index (χ2n) is 8.68. The van der Waals surface area contributed by atoms with Gasteiger partial charge in [0.1, 0.15) is 17.4 Å². The Morgan fingerprint density at radius 1 is 1.03 bits per heavy atom. The molecule has 0 saturated heterocycles. The van der Waals surface area contributed by atoms with Crippen LogP contribution >= 0.6 is 0 Å². The van der Waals surface area contributed by atoms with Crippen molar-refractivity contribution in [3.8, 4) is 11.5 Å². The van der Waals surface area contributed by atoms with Gasteiger partial charge in [-0.3, -0.25) is 0 Å². The van der Waals surface area contributed by atoms with Crippen LogP contribution in [-0.4, -0.2) is 37.4 Å². The Bertz CT molecular complexity index is 1360. The monoisotopic (exact) mass is 468 g/mol. The second kappa shape index (κ2) is 9.68. The summed E-state index contributed by atoms with van der Waals surface area (Å²) in [5.74, 6) is 0.0751. The number of ether oxygens (including phenoxy) is 2. The predicted octanol–water partition coefficient (Wildman–Crippen LogP) is 5.80. The third kappa shape index (κ3) is 4.40. The SMILES string of the molecule is COc1c(C(=O)O)cccc1N1CC(CNC(C)c2cccc3ccccc23)Oc2ccccc21. The van der Waals surface area contributed by atoms with Crippen LogP contribution < -0.4 is 19.7 Å². The van der Waals surface area contributed by atoms with E-state index in [-0.39, 0.29) is 17.7 Å². The number of rotatable bonds is 7. The van der Waals surface area contributed by atoms with Gasteiger partial charge in [0.15, 0.2) is 5.75 Å². The molecular weight excluding hydrogens is 440 g/mol. The Morgan fingerprint density at radius 2 is 1.74 bits per heavy atom. The fourth-order valence-electron chi connectivity index (χ4n) is 4.80. The first-order valence-corrected chi connectivity index (χ1v) is 11.7. The number of nitrogens with one attached hydrogen (secondary N) is 1. The maximum atomic E-state index is 11.8. The summed E-state index contributed by atoms with van der Waals surface area (Å²) in [6, 6.07) is 27.9. The van der Waals surface area contributed by atoms with Crippen LogP contribution in [0.2, 0.25) is 0 Å². The molecule has 1 aliphatic heterocycles. The summed E-state index contributed by atoms with van der Waals surface area (Å²) >= 11 is 0. The molecular formula is C29H28N2O4. The van der Waals surface area contributed by atoms with Gasteiger partial charge in [0.05, 0.1) is 25.0 Å². The average Bonchev–Trinajstić information content (AvgIpc) is 2.90. The number of carbonyl (C=O) groups is 1. The molecule has 4 aromatic rings. The van der Waals surface area contributed by atoms with Crippen molar-refractivity contribution in [1.29, 1.82) is 0 Å². The average molecular weight is 469 g/mol. The number of aromatic carboxylic acids is 1. The van der Waals surface area contributed by atoms with Crippen LogP contribution in [0.3, 0.4) is 0 Å². The van der Waals surface area contributed by atoms with Gasteiger partial charge in [0.2, 0.25) is 0 Å². The van der Waals surface area contributed by atoms with E-state index in [0.29, 0.717) is 24.5 Å². The summed E-state index contributed by atoms with van der Waals surface area (Å²) in [6.07, 6.45) is -0.152. The van der Waals surface area contributed by atoms with Gasteiger partial charge in [-0.25, -0.2) is 4.79 Å². The maximum absolute atomic E-state index is 11.8. The van der Waals surface area contributed by atoms with Gasteiger partial charge in [-0.15, -0.1) is 0 Å². The number of carboxylic acids is 1. The Labute approximate surface area is 204 Å². The van der Waals surface area contributed by atoms with Gasteiger partial charge in [-0.2, -0.15) is 0 Å². The predicted molar refractivity (Wildman–Crippen MR) is 138 cm³/mol. The van der Waals surface area contributed by atoms with E-state index < -0.39 is 5.97 Å². The van der Waals surface area contributed by atoms with Crippen molar-refractivity contribution in [3.05, 3.63) is 96.1 Å². The molecule has 5 rings (SSSR count). The summed E-state index contributed by atoms with van der Waals surface area (Å²) in [5.41, 5.74) is 2.96. The lowest BCUT2D eigenvalue weighted by Gasteiger charge is -2.37. The number of benzene rings is 4. The fraction of sp³-hybridized carbons (Fsp3) is 0.207. The number of methoxy groups -OCH3 is 1. The summed E-state index contributed by atoms with van der Waals surface area (Å²) in [7, 11) is 1.50. The van der Waals surface area contributed by atoms with Crippen LogP contribution in [0.25, 0.3) is 10.8 Å². The molecule has 0 amide bonds. The van der Waals surface area contributed by atoms with E-state index in [2.05, 4.69) is 59.6 Å². The normalized spacial score (nSPS) is 15.8. The highest BCUT2D eigenvalue weighted by atomic mass is 16.5. The molecule has 0 aromatic heterocycles. The first kappa shape index (κ1) is 22.7. The summed E-state index contributed by atoms with van der Waals surface area (Å²) < 4.78 is 11.9. The summed E-state index contributed by atoms with van der Waals surface area (Å²) in [4.78, 5) is 13.9. The molecule has 0 spiro atoms. The molecule has 6 heteroatoms. The number of carboxylic acid groups (broad SMARTS) is 1. The first-order valence-electron chi connectivity index (χ1n) is 11.7. The summed E-state index contributed by atoms with van der Waals surface area (Å²) in [5, 5.41) is 15.8. The minimum absolute atomic E-state index is 0.125. The number of hydrogen-bond acceptors (Lipinski definition) is 5. The largest absolute Gasteiger partial charge is 0.494 e. The third-order valence-corrected chi connectivity index (χ3v) is 6.50. The van der Waals surface area contributed by atoms with Crippen molar-refractivity contribution in [2.75, 3.05) is 25.1 Å². The van der Waals surface area contributed by atoms with Crippen LogP contribution in [0.4, 0.5) is 11.4 Å². The minimum Gasteiger partial charge on any atom is -0.494 e. The molecule has 1 aliphatic rings. The second-order valence-corrected chi connectivity index (χ2v) is 8.68. The number of anilines is 2. The van der Waals surface area contributed by atoms with Crippen LogP contribution in [0.5, 0.6) is 11.5 Å². The Kier molecular flexibility index (Phi) is 6.29. The van der Waals surface area contributed by atoms with Crippen LogP contribution in [0, 0.1) is 0 Å². The maximum Gasteiger partial charge on any atom is 0.339 e. The van der Waals surface area contributed by atoms with Crippen molar-refractivity contribution in [2.45, 2.75) is 19.1 Å². The highest BCUT2D eigenvalue weighted by Gasteiger charge is 2.30. The lowest BCUT2D eigenvalue weighted by molar-refractivity contribution is 0.0693. The molecule has 6 nitrogen and oxygen atoms in total. The molecule has 2 unspecified atom stereocenters. The lowest BCUT2D eigenvalue weighted by Crippen LogP contribution is -2.44. The smallest absolute Gasteiger partial charge is 0.339 e. The molecule has 2 N–H and O–H groups in total. The zero-order valence-electron chi connectivity index (χ0n) is 19.8. The van der Waals surface area contributed by atoms with Crippen molar-refractivity contribution in [3.63, 3.8) is 0 Å². The highest BCUT2D eigenvalue weighted by molar-refractivity contribution is 5.94. The van der Waals surface area contributed by atoms with Crippen molar-refractivity contribution < 1.29 is 19.4 Å². The van der Waals surface area contributed by atoms with E-state index >= 15 is 0 Å². The lowest BCUT2D eigenvalue weighted by atomic mass is 9.99. The number of hydrogen-bond donors (Lipinski definition) is 2. The molecule has 4 aromatic carbocycles. The fourth-order valence-corrected chi connectivity index (χ4v) is 4.80. The quantitative estimate of drug-likeness (QED) is 0.357. The zero-order valence-corrected chi connectivity index (χ0v) is 19.8. The highest BCUT2D eigenvalue weighted by Crippen LogP contribution is 2.42. The van der Waals surface area contributed by atoms with Gasteiger partial charge in [-0.1, -0.05) is 60.7 Å². The third-order valence-electron chi connectivity index (χ3n) is 6.50. The van der Waals surface area contributed by atoms with Gasteiger partial charge < -0.3 is 24.8 Å². The minimum atomic E-state index is -1.02. The van der Waals surface area contributed by atoms with Gasteiger partial charge in [-0.05, 0) is 47.5 Å². The van der Waals surface area contributed by atoms with Crippen LogP contribution in [0.1, 0.15) is 28.9 Å². The Balaban J connectivity index is 1.42. The Hall–Kier alpha value is -4.03. The number of nitrogens with zero attached hydrogens (tertiary/aromatic N) is 1. The molecule has 2 atom stereocenters. The van der Waals surface area contributed by atoms with E-state index in [1.54, 1.807) is 12.1 Å². The molecule has 1 heterocycles. The van der Waals surface area contributed by atoms with Crippen molar-refractivity contribution >= 4 is 28.1 Å². The molecule has 0 fully saturated rings. The van der Waals surface area contributed by atoms with E-state index in [9.17, 15) is 9.90 Å². The van der Waals surface area contributed by atoms with Gasteiger partial charge in [0, 0.05) is 12.6 Å².